The molecule has 0 fully saturated rings. The maximum absolute atomic E-state index is 12.4. The maximum Gasteiger partial charge on any atom is 0.317 e. The topological polar surface area (TPSA) is 101 Å². The molecule has 1 aliphatic rings. The number of rotatable bonds is 6. The number of hydrogen-bond donors (Lipinski definition) is 2. The number of furan rings is 1. The van der Waals surface area contributed by atoms with Crippen LogP contribution in [0.3, 0.4) is 0 Å². The van der Waals surface area contributed by atoms with Crippen LogP contribution < -0.4 is 10.6 Å². The molecule has 9 nitrogen and oxygen atoms in total. The highest BCUT2D eigenvalue weighted by Crippen LogP contribution is 2.26. The van der Waals surface area contributed by atoms with Gasteiger partial charge in [0.2, 0.25) is 5.95 Å². The SMILES string of the molecule is CC(NC(=O)N1CC=C(c2cnc(NCc3ccco3)n3cnnc23)CC1)[C@@H](C)Cl. The van der Waals surface area contributed by atoms with Gasteiger partial charge >= 0.3 is 6.03 Å². The fourth-order valence-corrected chi connectivity index (χ4v) is 3.32. The highest BCUT2D eigenvalue weighted by Gasteiger charge is 2.22. The van der Waals surface area contributed by atoms with Gasteiger partial charge in [0.25, 0.3) is 0 Å². The van der Waals surface area contributed by atoms with Crippen molar-refractivity contribution in [2.45, 2.75) is 38.2 Å². The van der Waals surface area contributed by atoms with Crippen LogP contribution in [0.15, 0.2) is 41.4 Å². The number of carbonyl (C=O) groups excluding carboxylic acids is 1. The van der Waals surface area contributed by atoms with Crippen molar-refractivity contribution in [3.8, 4) is 0 Å². The summed E-state index contributed by atoms with van der Waals surface area (Å²) in [5.74, 6) is 1.45. The monoisotopic (exact) mass is 429 g/mol. The maximum atomic E-state index is 12.4. The Labute approximate surface area is 179 Å². The van der Waals surface area contributed by atoms with Crippen molar-refractivity contribution >= 4 is 34.8 Å². The summed E-state index contributed by atoms with van der Waals surface area (Å²) in [4.78, 5) is 18.7. The highest BCUT2D eigenvalue weighted by atomic mass is 35.5. The molecule has 10 heteroatoms. The lowest BCUT2D eigenvalue weighted by Gasteiger charge is -2.28. The average Bonchev–Trinajstić information content (AvgIpc) is 3.44. The number of anilines is 1. The van der Waals surface area contributed by atoms with Crippen molar-refractivity contribution in [3.05, 3.63) is 48.3 Å². The van der Waals surface area contributed by atoms with Gasteiger partial charge in [-0.25, -0.2) is 9.78 Å². The molecular weight excluding hydrogens is 406 g/mol. The molecular formula is C20H24ClN7O2. The van der Waals surface area contributed by atoms with Crippen molar-refractivity contribution in [1.29, 1.82) is 0 Å². The molecule has 3 aromatic heterocycles. The Kier molecular flexibility index (Phi) is 5.89. The van der Waals surface area contributed by atoms with Gasteiger partial charge < -0.3 is 20.0 Å². The molecule has 30 heavy (non-hydrogen) atoms. The van der Waals surface area contributed by atoms with Gasteiger partial charge in [-0.1, -0.05) is 6.08 Å². The van der Waals surface area contributed by atoms with Crippen LogP contribution >= 0.6 is 11.6 Å². The van der Waals surface area contributed by atoms with E-state index in [4.69, 9.17) is 16.0 Å². The molecule has 1 unspecified atom stereocenters. The third-order valence-corrected chi connectivity index (χ3v) is 5.59. The molecule has 0 radical (unpaired) electrons. The number of nitrogens with one attached hydrogen (secondary N) is 2. The summed E-state index contributed by atoms with van der Waals surface area (Å²) in [5, 5.41) is 14.4. The van der Waals surface area contributed by atoms with Crippen LogP contribution in [0.4, 0.5) is 10.7 Å². The summed E-state index contributed by atoms with van der Waals surface area (Å²) >= 11 is 6.05. The lowest BCUT2D eigenvalue weighted by atomic mass is 10.0. The zero-order chi connectivity index (χ0) is 21.1. The second-order valence-corrected chi connectivity index (χ2v) is 7.98. The number of nitrogens with zero attached hydrogens (tertiary/aromatic N) is 5. The van der Waals surface area contributed by atoms with Gasteiger partial charge in [0.15, 0.2) is 5.65 Å². The molecule has 0 saturated carbocycles. The Morgan fingerprint density at radius 1 is 1.40 bits per heavy atom. The standard InChI is InChI=1S/C20H24ClN7O2/c1-13(21)14(2)25-20(29)27-7-5-15(6-8-27)17-11-23-19(28-12-24-26-18(17)28)22-10-16-4-3-9-30-16/h3-5,9,11-14H,6-8,10H2,1-2H3,(H,22,23)(H,25,29)/t13-,14?/m1/s1. The lowest BCUT2D eigenvalue weighted by molar-refractivity contribution is 0.199. The number of alkyl halides is 1. The number of carbonyl (C=O) groups is 1. The smallest absolute Gasteiger partial charge is 0.317 e. The Bertz CT molecular complexity index is 1040. The summed E-state index contributed by atoms with van der Waals surface area (Å²) in [6, 6.07) is 3.55. The molecule has 0 aromatic carbocycles. The van der Waals surface area contributed by atoms with E-state index in [1.165, 1.54) is 0 Å². The van der Waals surface area contributed by atoms with Crippen LogP contribution in [0, 0.1) is 0 Å². The molecule has 0 aliphatic carbocycles. The number of amides is 2. The normalized spacial score (nSPS) is 16.2. The molecule has 1 aliphatic heterocycles. The minimum Gasteiger partial charge on any atom is -0.467 e. The predicted molar refractivity (Wildman–Crippen MR) is 114 cm³/mol. The number of aromatic nitrogens is 4. The zero-order valence-electron chi connectivity index (χ0n) is 16.9. The predicted octanol–water partition coefficient (Wildman–Crippen LogP) is 3.14. The van der Waals surface area contributed by atoms with Crippen molar-refractivity contribution < 1.29 is 9.21 Å². The Morgan fingerprint density at radius 3 is 2.97 bits per heavy atom. The van der Waals surface area contributed by atoms with Crippen LogP contribution in [0.1, 0.15) is 31.6 Å². The molecule has 2 atom stereocenters. The minimum atomic E-state index is -0.128. The third-order valence-electron chi connectivity index (χ3n) is 5.22. The molecule has 0 spiro atoms. The summed E-state index contributed by atoms with van der Waals surface area (Å²) in [6.45, 7) is 5.41. The van der Waals surface area contributed by atoms with Crippen LogP contribution in [0.2, 0.25) is 0 Å². The fraction of sp³-hybridized carbons (Fsp3) is 0.400. The van der Waals surface area contributed by atoms with E-state index in [0.717, 1.165) is 22.5 Å². The number of urea groups is 1. The van der Waals surface area contributed by atoms with Crippen LogP contribution in [0.25, 0.3) is 11.2 Å². The van der Waals surface area contributed by atoms with E-state index in [2.05, 4.69) is 25.8 Å². The second-order valence-electron chi connectivity index (χ2n) is 7.29. The van der Waals surface area contributed by atoms with Crippen LogP contribution in [0.5, 0.6) is 0 Å². The van der Waals surface area contributed by atoms with Gasteiger partial charge in [0.1, 0.15) is 12.1 Å². The van der Waals surface area contributed by atoms with Gasteiger partial charge in [-0.15, -0.1) is 21.8 Å². The minimum absolute atomic E-state index is 0.0921. The molecule has 4 heterocycles. The van der Waals surface area contributed by atoms with E-state index in [1.807, 2.05) is 36.5 Å². The summed E-state index contributed by atoms with van der Waals surface area (Å²) in [7, 11) is 0. The Hall–Kier alpha value is -3.07. The third kappa shape index (κ3) is 4.25. The molecule has 2 amide bonds. The molecule has 2 N–H and O–H groups in total. The van der Waals surface area contributed by atoms with Gasteiger partial charge in [0, 0.05) is 30.9 Å². The largest absolute Gasteiger partial charge is 0.467 e. The van der Waals surface area contributed by atoms with E-state index >= 15 is 0 Å². The first kappa shape index (κ1) is 20.2. The number of fused-ring (bicyclic) bond motifs is 1. The fourth-order valence-electron chi connectivity index (χ4n) is 3.26. The van der Waals surface area contributed by atoms with Crippen LogP contribution in [-0.2, 0) is 6.54 Å². The summed E-state index contributed by atoms with van der Waals surface area (Å²) in [6.07, 6.45) is 7.82. The van der Waals surface area contributed by atoms with Gasteiger partial charge in [-0.05, 0) is 38.0 Å². The van der Waals surface area contributed by atoms with Crippen molar-refractivity contribution in [3.63, 3.8) is 0 Å². The van der Waals surface area contributed by atoms with E-state index in [9.17, 15) is 4.79 Å². The average molecular weight is 430 g/mol. The Morgan fingerprint density at radius 2 is 2.27 bits per heavy atom. The lowest BCUT2D eigenvalue weighted by Crippen LogP contribution is -2.47. The molecule has 3 aromatic rings. The van der Waals surface area contributed by atoms with Crippen LogP contribution in [-0.4, -0.2) is 55.0 Å². The van der Waals surface area contributed by atoms with Gasteiger partial charge in [0.05, 0.1) is 18.2 Å². The number of hydrogen-bond acceptors (Lipinski definition) is 6. The number of halogens is 1. The molecule has 4 rings (SSSR count). The first-order chi connectivity index (χ1) is 14.5. The molecule has 0 bridgehead atoms. The van der Waals surface area contributed by atoms with Crippen molar-refractivity contribution in [2.75, 3.05) is 18.4 Å². The van der Waals surface area contributed by atoms with Crippen molar-refractivity contribution in [2.24, 2.45) is 0 Å². The zero-order valence-corrected chi connectivity index (χ0v) is 17.6. The van der Waals surface area contributed by atoms with Crippen molar-refractivity contribution in [1.82, 2.24) is 29.8 Å². The van der Waals surface area contributed by atoms with Gasteiger partial charge in [-0.2, -0.15) is 0 Å². The quantitative estimate of drug-likeness (QED) is 0.584. The summed E-state index contributed by atoms with van der Waals surface area (Å²) < 4.78 is 7.17. The van der Waals surface area contributed by atoms with Gasteiger partial charge in [-0.3, -0.25) is 4.40 Å². The Balaban J connectivity index is 1.47. The first-order valence-electron chi connectivity index (χ1n) is 9.87. The molecule has 158 valence electrons. The second kappa shape index (κ2) is 8.74. The van der Waals surface area contributed by atoms with E-state index in [0.29, 0.717) is 32.0 Å². The summed E-state index contributed by atoms with van der Waals surface area (Å²) in [5.41, 5.74) is 2.74. The van der Waals surface area contributed by atoms with E-state index in [-0.39, 0.29) is 17.5 Å². The highest BCUT2D eigenvalue weighted by molar-refractivity contribution is 6.20. The molecule has 0 saturated heterocycles. The first-order valence-corrected chi connectivity index (χ1v) is 10.3. The van der Waals surface area contributed by atoms with E-state index in [1.54, 1.807) is 23.7 Å². The van der Waals surface area contributed by atoms with E-state index < -0.39 is 0 Å².